The van der Waals surface area contributed by atoms with Gasteiger partial charge in [0.15, 0.2) is 0 Å². The maximum absolute atomic E-state index is 11.0. The first-order chi connectivity index (χ1) is 12.0. The van der Waals surface area contributed by atoms with Gasteiger partial charge in [0.25, 0.3) is 0 Å². The highest BCUT2D eigenvalue weighted by Gasteiger charge is 2.07. The minimum atomic E-state index is -0.996. The van der Waals surface area contributed by atoms with E-state index in [1.165, 1.54) is 12.1 Å². The van der Waals surface area contributed by atoms with E-state index in [4.69, 9.17) is 28.3 Å². The number of hydrogen-bond acceptors (Lipinski definition) is 5. The highest BCUT2D eigenvalue weighted by molar-refractivity contribution is 6.35. The van der Waals surface area contributed by atoms with E-state index in [0.717, 1.165) is 0 Å². The summed E-state index contributed by atoms with van der Waals surface area (Å²) in [5, 5.41) is 16.1. The van der Waals surface area contributed by atoms with Crippen LogP contribution in [0.15, 0.2) is 54.7 Å². The maximum Gasteiger partial charge on any atom is 0.335 e. The van der Waals surface area contributed by atoms with E-state index >= 15 is 0 Å². The van der Waals surface area contributed by atoms with Crippen LogP contribution in [0.25, 0.3) is 0 Å². The predicted molar refractivity (Wildman–Crippen MR) is 98.5 cm³/mol. The number of nitrogens with zero attached hydrogens (tertiary/aromatic N) is 2. The zero-order valence-electron chi connectivity index (χ0n) is 12.7. The number of hydrogen-bond donors (Lipinski definition) is 3. The van der Waals surface area contributed by atoms with E-state index < -0.39 is 5.97 Å². The number of nitrogens with one attached hydrogen (secondary N) is 2. The molecule has 0 bridgehead atoms. The van der Waals surface area contributed by atoms with Gasteiger partial charge in [-0.3, -0.25) is 0 Å². The molecule has 3 rings (SSSR count). The quantitative estimate of drug-likeness (QED) is 0.584. The number of carboxylic acids is 1. The Hall–Kier alpha value is -2.83. The number of carboxylic acid groups (broad SMARTS) is 1. The summed E-state index contributed by atoms with van der Waals surface area (Å²) in [5.74, 6) is -0.175. The number of anilines is 4. The van der Waals surface area contributed by atoms with Crippen molar-refractivity contribution >= 4 is 52.3 Å². The van der Waals surface area contributed by atoms with Gasteiger partial charge in [-0.05, 0) is 42.5 Å². The summed E-state index contributed by atoms with van der Waals surface area (Å²) in [5.41, 5.74) is 1.37. The molecule has 0 saturated heterocycles. The molecule has 8 heteroatoms. The summed E-state index contributed by atoms with van der Waals surface area (Å²) >= 11 is 12.1. The molecule has 0 atom stereocenters. The van der Waals surface area contributed by atoms with Crippen molar-refractivity contribution in [2.45, 2.75) is 0 Å². The topological polar surface area (TPSA) is 87.1 Å². The van der Waals surface area contributed by atoms with Crippen LogP contribution in [-0.2, 0) is 0 Å². The second-order valence-electron chi connectivity index (χ2n) is 5.03. The SMILES string of the molecule is O=C(O)c1cccc(Nc2ccnc(Nc3cc(Cl)ccc3Cl)n2)c1. The molecule has 0 amide bonds. The Bertz CT molecular complexity index is 934. The molecule has 0 radical (unpaired) electrons. The highest BCUT2D eigenvalue weighted by Crippen LogP contribution is 2.27. The largest absolute Gasteiger partial charge is 0.478 e. The summed E-state index contributed by atoms with van der Waals surface area (Å²) in [6, 6.07) is 13.1. The average Bonchev–Trinajstić information content (AvgIpc) is 2.59. The van der Waals surface area contributed by atoms with E-state index in [0.29, 0.717) is 33.2 Å². The fourth-order valence-corrected chi connectivity index (χ4v) is 2.42. The lowest BCUT2D eigenvalue weighted by Crippen LogP contribution is -2.02. The van der Waals surface area contributed by atoms with Gasteiger partial charge in [0.05, 0.1) is 16.3 Å². The normalized spacial score (nSPS) is 10.3. The van der Waals surface area contributed by atoms with Gasteiger partial charge >= 0.3 is 5.97 Å². The molecule has 25 heavy (non-hydrogen) atoms. The molecule has 3 N–H and O–H groups in total. The third-order valence-corrected chi connectivity index (χ3v) is 3.78. The van der Waals surface area contributed by atoms with Gasteiger partial charge in [-0.25, -0.2) is 9.78 Å². The van der Waals surface area contributed by atoms with Crippen LogP contribution in [0.1, 0.15) is 10.4 Å². The van der Waals surface area contributed by atoms with Gasteiger partial charge in [0.2, 0.25) is 5.95 Å². The van der Waals surface area contributed by atoms with Crippen molar-refractivity contribution < 1.29 is 9.90 Å². The third kappa shape index (κ3) is 4.37. The Morgan fingerprint density at radius 3 is 2.68 bits per heavy atom. The summed E-state index contributed by atoms with van der Waals surface area (Å²) in [4.78, 5) is 19.5. The zero-order chi connectivity index (χ0) is 17.8. The van der Waals surface area contributed by atoms with Crippen molar-refractivity contribution in [3.8, 4) is 0 Å². The number of halogens is 2. The highest BCUT2D eigenvalue weighted by atomic mass is 35.5. The van der Waals surface area contributed by atoms with Crippen LogP contribution in [0.3, 0.4) is 0 Å². The van der Waals surface area contributed by atoms with E-state index in [1.807, 2.05) is 0 Å². The number of benzene rings is 2. The molecule has 0 spiro atoms. The monoisotopic (exact) mass is 374 g/mol. The van der Waals surface area contributed by atoms with Crippen LogP contribution in [0.4, 0.5) is 23.1 Å². The van der Waals surface area contributed by atoms with Crippen molar-refractivity contribution in [2.75, 3.05) is 10.6 Å². The molecule has 0 aliphatic heterocycles. The molecule has 0 saturated carbocycles. The smallest absolute Gasteiger partial charge is 0.335 e. The number of aromatic carboxylic acids is 1. The molecular formula is C17H12Cl2N4O2. The minimum Gasteiger partial charge on any atom is -0.478 e. The maximum atomic E-state index is 11.0. The second-order valence-corrected chi connectivity index (χ2v) is 5.87. The molecule has 1 aromatic heterocycles. The molecule has 1 heterocycles. The van der Waals surface area contributed by atoms with Crippen molar-refractivity contribution in [3.63, 3.8) is 0 Å². The van der Waals surface area contributed by atoms with Crippen molar-refractivity contribution in [1.29, 1.82) is 0 Å². The molecule has 0 fully saturated rings. The zero-order valence-corrected chi connectivity index (χ0v) is 14.2. The summed E-state index contributed by atoms with van der Waals surface area (Å²) in [6.07, 6.45) is 1.57. The Morgan fingerprint density at radius 1 is 1.04 bits per heavy atom. The molecule has 0 aliphatic carbocycles. The standard InChI is InChI=1S/C17H12Cl2N4O2/c18-11-4-5-13(19)14(9-11)22-17-20-7-6-15(23-17)21-12-3-1-2-10(8-12)16(24)25/h1-9H,(H,24,25)(H2,20,21,22,23). The molecular weight excluding hydrogens is 363 g/mol. The number of rotatable bonds is 5. The van der Waals surface area contributed by atoms with E-state index in [2.05, 4.69) is 20.6 Å². The molecule has 6 nitrogen and oxygen atoms in total. The molecule has 3 aromatic rings. The summed E-state index contributed by atoms with van der Waals surface area (Å²) in [7, 11) is 0. The van der Waals surface area contributed by atoms with Crippen LogP contribution >= 0.6 is 23.2 Å². The summed E-state index contributed by atoms with van der Waals surface area (Å²) < 4.78 is 0. The van der Waals surface area contributed by atoms with E-state index in [1.54, 1.807) is 42.6 Å². The molecule has 2 aromatic carbocycles. The van der Waals surface area contributed by atoms with Crippen LogP contribution in [0, 0.1) is 0 Å². The Balaban J connectivity index is 1.81. The first-order valence-electron chi connectivity index (χ1n) is 7.17. The first kappa shape index (κ1) is 17.0. The van der Waals surface area contributed by atoms with E-state index in [9.17, 15) is 4.79 Å². The fraction of sp³-hybridized carbons (Fsp3) is 0. The van der Waals surface area contributed by atoms with Crippen LogP contribution in [0.2, 0.25) is 10.0 Å². The Morgan fingerprint density at radius 2 is 1.88 bits per heavy atom. The lowest BCUT2D eigenvalue weighted by Gasteiger charge is -2.10. The van der Waals surface area contributed by atoms with Crippen LogP contribution < -0.4 is 10.6 Å². The number of aromatic nitrogens is 2. The molecule has 0 unspecified atom stereocenters. The average molecular weight is 375 g/mol. The van der Waals surface area contributed by atoms with Gasteiger partial charge in [-0.2, -0.15) is 4.98 Å². The van der Waals surface area contributed by atoms with Crippen molar-refractivity contribution in [1.82, 2.24) is 9.97 Å². The fourth-order valence-electron chi connectivity index (χ4n) is 2.08. The summed E-state index contributed by atoms with van der Waals surface area (Å²) in [6.45, 7) is 0. The first-order valence-corrected chi connectivity index (χ1v) is 7.92. The third-order valence-electron chi connectivity index (χ3n) is 3.21. The molecule has 0 aliphatic rings. The second kappa shape index (κ2) is 7.38. The van der Waals surface area contributed by atoms with Crippen LogP contribution in [0.5, 0.6) is 0 Å². The van der Waals surface area contributed by atoms with Crippen molar-refractivity contribution in [3.05, 3.63) is 70.3 Å². The van der Waals surface area contributed by atoms with Gasteiger partial charge in [0.1, 0.15) is 5.82 Å². The lowest BCUT2D eigenvalue weighted by atomic mass is 10.2. The van der Waals surface area contributed by atoms with Crippen LogP contribution in [-0.4, -0.2) is 21.0 Å². The van der Waals surface area contributed by atoms with E-state index in [-0.39, 0.29) is 5.56 Å². The van der Waals surface area contributed by atoms with Gasteiger partial charge in [0, 0.05) is 16.9 Å². The van der Waals surface area contributed by atoms with Crippen molar-refractivity contribution in [2.24, 2.45) is 0 Å². The minimum absolute atomic E-state index is 0.183. The number of carbonyl (C=O) groups is 1. The Labute approximate surface area is 153 Å². The van der Waals surface area contributed by atoms with Gasteiger partial charge < -0.3 is 15.7 Å². The molecule has 126 valence electrons. The predicted octanol–water partition coefficient (Wildman–Crippen LogP) is 4.97. The van der Waals surface area contributed by atoms with Gasteiger partial charge in [-0.15, -0.1) is 0 Å². The lowest BCUT2D eigenvalue weighted by molar-refractivity contribution is 0.0697. The van der Waals surface area contributed by atoms with Gasteiger partial charge in [-0.1, -0.05) is 29.3 Å². The Kier molecular flexibility index (Phi) is 5.02.